The van der Waals surface area contributed by atoms with E-state index < -0.39 is 8.32 Å². The highest BCUT2D eigenvalue weighted by atomic mass is 28.4. The van der Waals surface area contributed by atoms with Crippen LogP contribution in [0.15, 0.2) is 23.3 Å². The lowest BCUT2D eigenvalue weighted by molar-refractivity contribution is -0.156. The van der Waals surface area contributed by atoms with E-state index in [0.717, 1.165) is 44.9 Å². The molecule has 3 aliphatic carbocycles. The zero-order chi connectivity index (χ0) is 23.3. The van der Waals surface area contributed by atoms with Crippen LogP contribution in [0, 0.1) is 11.3 Å². The van der Waals surface area contributed by atoms with E-state index >= 15 is 0 Å². The summed E-state index contributed by atoms with van der Waals surface area (Å²) in [7, 11) is 2.50. The smallest absolute Gasteiger partial charge is 0.192 e. The van der Waals surface area contributed by atoms with Crippen LogP contribution in [0.2, 0.25) is 18.1 Å². The number of aliphatic hydroxyl groups excluding tert-OH is 1. The first-order valence-electron chi connectivity index (χ1n) is 12.9. The molecule has 0 radical (unpaired) electrons. The van der Waals surface area contributed by atoms with E-state index in [0.29, 0.717) is 12.0 Å². The molecular weight excluding hydrogens is 414 g/mol. The Balaban J connectivity index is 1.54. The summed E-state index contributed by atoms with van der Waals surface area (Å²) >= 11 is 0. The summed E-state index contributed by atoms with van der Waals surface area (Å²) in [5, 5.41) is 11.0. The monoisotopic (exact) mass is 459 g/mol. The fraction of sp³-hybridized carbons (Fsp3) is 0.852. The maximum absolute atomic E-state index is 10.8. The quantitative estimate of drug-likeness (QED) is 0.571. The van der Waals surface area contributed by atoms with Gasteiger partial charge in [0.15, 0.2) is 8.32 Å². The molecule has 5 aliphatic rings. The Bertz CT molecular complexity index is 857. The van der Waals surface area contributed by atoms with Crippen LogP contribution in [0.5, 0.6) is 0 Å². The molecule has 2 saturated carbocycles. The van der Waals surface area contributed by atoms with E-state index in [-0.39, 0.29) is 33.9 Å². The van der Waals surface area contributed by atoms with E-state index in [1.165, 1.54) is 11.1 Å². The Hall–Kier alpha value is -0.463. The molecule has 2 aliphatic heterocycles. The molecular formula is C27H45NO3Si. The molecule has 0 aromatic rings. The molecule has 7 atom stereocenters. The molecule has 2 spiro atoms. The number of nitrogens with zero attached hydrogens (tertiary/aromatic N) is 1. The van der Waals surface area contributed by atoms with E-state index in [2.05, 4.69) is 71.9 Å². The number of likely N-dealkylation sites (N-methyl/N-ethyl adjacent to an activating group) is 1. The number of hydrogen-bond donors (Lipinski definition) is 1. The summed E-state index contributed by atoms with van der Waals surface area (Å²) in [4.78, 5) is 2.36. The first-order valence-corrected chi connectivity index (χ1v) is 15.8. The van der Waals surface area contributed by atoms with Gasteiger partial charge in [0, 0.05) is 6.04 Å². The van der Waals surface area contributed by atoms with Crippen LogP contribution in [0.4, 0.5) is 0 Å². The van der Waals surface area contributed by atoms with E-state index in [9.17, 15) is 5.11 Å². The van der Waals surface area contributed by atoms with Crippen molar-refractivity contribution < 1.29 is 14.3 Å². The van der Waals surface area contributed by atoms with Gasteiger partial charge < -0.3 is 19.2 Å². The van der Waals surface area contributed by atoms with Crippen molar-refractivity contribution in [1.82, 2.24) is 4.90 Å². The summed E-state index contributed by atoms with van der Waals surface area (Å²) < 4.78 is 14.3. The lowest BCUT2D eigenvalue weighted by Crippen LogP contribution is -2.59. The van der Waals surface area contributed by atoms with Crippen molar-refractivity contribution in [3.05, 3.63) is 23.3 Å². The minimum Gasteiger partial charge on any atom is -0.409 e. The predicted octanol–water partition coefficient (Wildman–Crippen LogP) is 5.44. The third-order valence-corrected chi connectivity index (χ3v) is 15.1. The van der Waals surface area contributed by atoms with Gasteiger partial charge in [-0.25, -0.2) is 0 Å². The third kappa shape index (κ3) is 3.07. The van der Waals surface area contributed by atoms with Crippen molar-refractivity contribution in [3.8, 4) is 0 Å². The molecule has 5 rings (SSSR count). The predicted molar refractivity (Wildman–Crippen MR) is 132 cm³/mol. The topological polar surface area (TPSA) is 41.9 Å². The largest absolute Gasteiger partial charge is 0.409 e. The zero-order valence-electron chi connectivity index (χ0n) is 21.6. The van der Waals surface area contributed by atoms with Crippen molar-refractivity contribution in [2.45, 2.75) is 120 Å². The van der Waals surface area contributed by atoms with Gasteiger partial charge in [-0.05, 0) is 106 Å². The van der Waals surface area contributed by atoms with Gasteiger partial charge in [0.1, 0.15) is 0 Å². The van der Waals surface area contributed by atoms with Crippen LogP contribution in [-0.4, -0.2) is 61.9 Å². The van der Waals surface area contributed by atoms with Crippen LogP contribution in [0.3, 0.4) is 0 Å². The minimum absolute atomic E-state index is 0.00762. The Kier molecular flexibility index (Phi) is 5.12. The summed E-state index contributed by atoms with van der Waals surface area (Å²) in [6.45, 7) is 14.0. The normalized spacial score (nSPS) is 45.8. The Morgan fingerprint density at radius 2 is 1.88 bits per heavy atom. The molecule has 2 bridgehead atoms. The van der Waals surface area contributed by atoms with Gasteiger partial charge in [0.25, 0.3) is 0 Å². The fourth-order valence-electron chi connectivity index (χ4n) is 7.50. The molecule has 4 nitrogen and oxygen atoms in total. The van der Waals surface area contributed by atoms with Crippen LogP contribution >= 0.6 is 0 Å². The highest BCUT2D eigenvalue weighted by Gasteiger charge is 2.67. The molecule has 3 fully saturated rings. The van der Waals surface area contributed by atoms with Gasteiger partial charge >= 0.3 is 0 Å². The minimum atomic E-state index is -1.89. The average Bonchev–Trinajstić information content (AvgIpc) is 3.16. The summed E-state index contributed by atoms with van der Waals surface area (Å²) in [5.74, 6) is 0.449. The Morgan fingerprint density at radius 3 is 2.53 bits per heavy atom. The van der Waals surface area contributed by atoms with E-state index in [1.54, 1.807) is 0 Å². The van der Waals surface area contributed by atoms with Crippen molar-refractivity contribution in [2.75, 3.05) is 14.1 Å². The van der Waals surface area contributed by atoms with Crippen LogP contribution in [0.1, 0.15) is 72.6 Å². The lowest BCUT2D eigenvalue weighted by atomic mass is 9.58. The van der Waals surface area contributed by atoms with Gasteiger partial charge in [-0.15, -0.1) is 0 Å². The zero-order valence-corrected chi connectivity index (χ0v) is 22.6. The highest BCUT2D eigenvalue weighted by Crippen LogP contribution is 2.67. The summed E-state index contributed by atoms with van der Waals surface area (Å²) in [6.07, 6.45) is 12.3. The summed E-state index contributed by atoms with van der Waals surface area (Å²) in [5.41, 5.74) is 2.56. The van der Waals surface area contributed by atoms with Crippen molar-refractivity contribution in [2.24, 2.45) is 11.3 Å². The molecule has 1 N–H and O–H groups in total. The molecule has 0 amide bonds. The van der Waals surface area contributed by atoms with E-state index in [1.807, 2.05) is 0 Å². The second kappa shape index (κ2) is 7.04. The lowest BCUT2D eigenvalue weighted by Gasteiger charge is -2.56. The maximum atomic E-state index is 10.8. The van der Waals surface area contributed by atoms with E-state index in [4.69, 9.17) is 9.16 Å². The first-order chi connectivity index (χ1) is 14.7. The first kappa shape index (κ1) is 23.3. The highest BCUT2D eigenvalue weighted by molar-refractivity contribution is 6.74. The van der Waals surface area contributed by atoms with Crippen LogP contribution in [-0.2, 0) is 9.16 Å². The Morgan fingerprint density at radius 1 is 1.16 bits per heavy atom. The second-order valence-corrected chi connectivity index (χ2v) is 18.3. The molecule has 180 valence electrons. The standard InChI is InChI=1S/C27H45NO3Si/c1-24(2,3)32(7,8)30-21-16-19-15-18-11-12-25(4)22(9-10-23(25)29)27(18)14-13-26(19,31-27)17-20(21)28(5)6/h15-16,20-23,29H,9-14,17H2,1-8H3/t20-,21-,22+,23-,25-,26+,27+/m0/s1. The number of hydrogen-bond acceptors (Lipinski definition) is 4. The molecule has 32 heavy (non-hydrogen) atoms. The fourth-order valence-corrected chi connectivity index (χ4v) is 8.76. The second-order valence-electron chi connectivity index (χ2n) is 13.5. The van der Waals surface area contributed by atoms with Crippen molar-refractivity contribution in [1.29, 1.82) is 0 Å². The molecule has 0 aromatic carbocycles. The number of ether oxygens (including phenoxy) is 1. The van der Waals surface area contributed by atoms with Gasteiger partial charge in [-0.3, -0.25) is 0 Å². The summed E-state index contributed by atoms with van der Waals surface area (Å²) in [6, 6.07) is 0.321. The van der Waals surface area contributed by atoms with Crippen molar-refractivity contribution >= 4 is 8.32 Å². The maximum Gasteiger partial charge on any atom is 0.192 e. The molecule has 2 heterocycles. The average molecular weight is 460 g/mol. The SMILES string of the molecule is CN(C)[C@H]1C[C@@]23CC[C@@]4(O2)C(=CC3=C[C@@H]1O[Si](C)(C)C(C)(C)C)CC[C@@]1(C)[C@H]4CC[C@@H]1O. The van der Waals surface area contributed by atoms with Gasteiger partial charge in [-0.1, -0.05) is 33.8 Å². The third-order valence-electron chi connectivity index (χ3n) is 10.6. The molecule has 1 saturated heterocycles. The molecule has 5 heteroatoms. The Labute approximate surface area is 196 Å². The van der Waals surface area contributed by atoms with Crippen molar-refractivity contribution in [3.63, 3.8) is 0 Å². The van der Waals surface area contributed by atoms with Gasteiger partial charge in [-0.2, -0.15) is 0 Å². The number of rotatable bonds is 3. The van der Waals surface area contributed by atoms with Crippen LogP contribution < -0.4 is 0 Å². The van der Waals surface area contributed by atoms with Gasteiger partial charge in [0.2, 0.25) is 0 Å². The molecule has 0 unspecified atom stereocenters. The molecule has 0 aromatic heterocycles. The number of fused-ring (bicyclic) bond motifs is 1. The van der Waals surface area contributed by atoms with Gasteiger partial charge in [0.05, 0.1) is 23.4 Å². The van der Waals surface area contributed by atoms with Crippen LogP contribution in [0.25, 0.3) is 0 Å². The number of aliphatic hydroxyl groups is 1.